The highest BCUT2D eigenvalue weighted by molar-refractivity contribution is 5.91. The van der Waals surface area contributed by atoms with Gasteiger partial charge in [-0.3, -0.25) is 4.79 Å². The molecule has 0 aromatic heterocycles. The Bertz CT molecular complexity index is 303. The van der Waals surface area contributed by atoms with Gasteiger partial charge in [0.2, 0.25) is 0 Å². The highest BCUT2D eigenvalue weighted by Crippen LogP contribution is 2.44. The SMILES string of the molecule is CCC(N)(CC)C(=O)C1CC(C)(C)OC1(C)C. The second-order valence-electron chi connectivity index (χ2n) is 6.45. The van der Waals surface area contributed by atoms with E-state index in [2.05, 4.69) is 0 Å². The third-order valence-electron chi connectivity index (χ3n) is 4.14. The maximum absolute atomic E-state index is 12.6. The number of carbonyl (C=O) groups excluding carboxylic acids is 1. The van der Waals surface area contributed by atoms with Crippen molar-refractivity contribution >= 4 is 5.78 Å². The zero-order valence-corrected chi connectivity index (χ0v) is 12.1. The molecule has 100 valence electrons. The molecule has 0 saturated carbocycles. The Balaban J connectivity index is 2.98. The first kappa shape index (κ1) is 14.7. The Hall–Kier alpha value is -0.410. The summed E-state index contributed by atoms with van der Waals surface area (Å²) in [6.07, 6.45) is 2.14. The van der Waals surface area contributed by atoms with Gasteiger partial charge in [-0.05, 0) is 47.0 Å². The molecule has 1 aliphatic rings. The van der Waals surface area contributed by atoms with E-state index in [1.807, 2.05) is 41.5 Å². The smallest absolute Gasteiger partial charge is 0.158 e. The van der Waals surface area contributed by atoms with E-state index in [9.17, 15) is 4.79 Å². The Morgan fingerprint density at radius 1 is 1.29 bits per heavy atom. The average molecular weight is 241 g/mol. The van der Waals surface area contributed by atoms with E-state index < -0.39 is 11.1 Å². The van der Waals surface area contributed by atoms with Crippen LogP contribution in [0.1, 0.15) is 60.8 Å². The molecule has 0 aromatic carbocycles. The molecular formula is C14H27NO2. The van der Waals surface area contributed by atoms with Gasteiger partial charge in [-0.15, -0.1) is 0 Å². The van der Waals surface area contributed by atoms with Gasteiger partial charge in [0.25, 0.3) is 0 Å². The number of hydrogen-bond acceptors (Lipinski definition) is 3. The molecule has 1 aliphatic heterocycles. The van der Waals surface area contributed by atoms with E-state index in [0.29, 0.717) is 12.8 Å². The zero-order chi connectivity index (χ0) is 13.5. The summed E-state index contributed by atoms with van der Waals surface area (Å²) in [5.41, 5.74) is 4.90. The summed E-state index contributed by atoms with van der Waals surface area (Å²) >= 11 is 0. The van der Waals surface area contributed by atoms with Crippen LogP contribution in [0, 0.1) is 5.92 Å². The lowest BCUT2D eigenvalue weighted by molar-refractivity contribution is -0.135. The van der Waals surface area contributed by atoms with Crippen LogP contribution in [-0.4, -0.2) is 22.5 Å². The van der Waals surface area contributed by atoms with Crippen LogP contribution in [0.4, 0.5) is 0 Å². The zero-order valence-electron chi connectivity index (χ0n) is 12.1. The van der Waals surface area contributed by atoms with Crippen LogP contribution in [0.5, 0.6) is 0 Å². The van der Waals surface area contributed by atoms with Gasteiger partial charge in [0, 0.05) is 0 Å². The largest absolute Gasteiger partial charge is 0.369 e. The topological polar surface area (TPSA) is 52.3 Å². The maximum atomic E-state index is 12.6. The summed E-state index contributed by atoms with van der Waals surface area (Å²) in [6, 6.07) is 0. The van der Waals surface area contributed by atoms with Crippen LogP contribution in [0.15, 0.2) is 0 Å². The van der Waals surface area contributed by atoms with Crippen molar-refractivity contribution in [3.63, 3.8) is 0 Å². The molecule has 1 unspecified atom stereocenters. The molecule has 3 heteroatoms. The van der Waals surface area contributed by atoms with E-state index >= 15 is 0 Å². The summed E-state index contributed by atoms with van der Waals surface area (Å²) < 4.78 is 5.98. The van der Waals surface area contributed by atoms with Crippen molar-refractivity contribution in [2.75, 3.05) is 0 Å². The highest BCUT2D eigenvalue weighted by atomic mass is 16.5. The minimum absolute atomic E-state index is 0.0950. The molecule has 3 nitrogen and oxygen atoms in total. The van der Waals surface area contributed by atoms with Gasteiger partial charge < -0.3 is 10.5 Å². The Kier molecular flexibility index (Phi) is 3.76. The Morgan fingerprint density at radius 3 is 2.06 bits per heavy atom. The first-order valence-electron chi connectivity index (χ1n) is 6.61. The number of nitrogens with two attached hydrogens (primary N) is 1. The predicted octanol–water partition coefficient (Wildman–Crippen LogP) is 2.67. The standard InChI is InChI=1S/C14H27NO2/c1-7-14(15,8-2)11(16)10-9-12(3,4)17-13(10,5)6/h10H,7-9,15H2,1-6H3. The van der Waals surface area contributed by atoms with Gasteiger partial charge >= 0.3 is 0 Å². The van der Waals surface area contributed by atoms with Crippen LogP contribution in [0.2, 0.25) is 0 Å². The molecular weight excluding hydrogens is 214 g/mol. The molecule has 1 fully saturated rings. The first-order valence-corrected chi connectivity index (χ1v) is 6.61. The van der Waals surface area contributed by atoms with E-state index in [1.54, 1.807) is 0 Å². The summed E-state index contributed by atoms with van der Waals surface area (Å²) in [5.74, 6) is 0.0699. The van der Waals surface area contributed by atoms with Crippen molar-refractivity contribution in [2.45, 2.75) is 77.5 Å². The molecule has 0 bridgehead atoms. The third-order valence-corrected chi connectivity index (χ3v) is 4.14. The van der Waals surface area contributed by atoms with E-state index in [0.717, 1.165) is 6.42 Å². The van der Waals surface area contributed by atoms with Crippen LogP contribution in [-0.2, 0) is 9.53 Å². The monoisotopic (exact) mass is 241 g/mol. The molecule has 0 aliphatic carbocycles. The fourth-order valence-electron chi connectivity index (χ4n) is 2.92. The number of rotatable bonds is 4. The molecule has 1 atom stereocenters. The third kappa shape index (κ3) is 2.71. The fourth-order valence-corrected chi connectivity index (χ4v) is 2.92. The quantitative estimate of drug-likeness (QED) is 0.823. The minimum Gasteiger partial charge on any atom is -0.369 e. The molecule has 1 saturated heterocycles. The summed E-state index contributed by atoms with van der Waals surface area (Å²) in [4.78, 5) is 12.6. The van der Waals surface area contributed by atoms with Crippen molar-refractivity contribution in [1.82, 2.24) is 0 Å². The van der Waals surface area contributed by atoms with Crippen molar-refractivity contribution in [2.24, 2.45) is 11.7 Å². The van der Waals surface area contributed by atoms with Crippen molar-refractivity contribution < 1.29 is 9.53 Å². The highest BCUT2D eigenvalue weighted by Gasteiger charge is 2.52. The number of ether oxygens (including phenoxy) is 1. The Morgan fingerprint density at radius 2 is 1.76 bits per heavy atom. The van der Waals surface area contributed by atoms with Gasteiger partial charge in [0.1, 0.15) is 0 Å². The number of ketones is 1. The lowest BCUT2D eigenvalue weighted by atomic mass is 9.74. The van der Waals surface area contributed by atoms with Crippen LogP contribution in [0.25, 0.3) is 0 Å². The van der Waals surface area contributed by atoms with Gasteiger partial charge in [-0.2, -0.15) is 0 Å². The van der Waals surface area contributed by atoms with E-state index in [4.69, 9.17) is 10.5 Å². The molecule has 0 amide bonds. The molecule has 0 radical (unpaired) electrons. The van der Waals surface area contributed by atoms with Crippen molar-refractivity contribution in [3.8, 4) is 0 Å². The van der Waals surface area contributed by atoms with Crippen LogP contribution >= 0.6 is 0 Å². The minimum atomic E-state index is -0.689. The number of Topliss-reactive ketones (excluding diaryl/α,β-unsaturated/α-hetero) is 1. The first-order chi connectivity index (χ1) is 7.58. The second kappa shape index (κ2) is 4.36. The van der Waals surface area contributed by atoms with Gasteiger partial charge in [0.05, 0.1) is 22.7 Å². The maximum Gasteiger partial charge on any atom is 0.158 e. The normalized spacial score (nSPS) is 27.1. The number of carbonyl (C=O) groups is 1. The number of hydrogen-bond donors (Lipinski definition) is 1. The van der Waals surface area contributed by atoms with Crippen molar-refractivity contribution in [1.29, 1.82) is 0 Å². The molecule has 1 rings (SSSR count). The summed E-state index contributed by atoms with van der Waals surface area (Å²) in [6.45, 7) is 12.0. The lowest BCUT2D eigenvalue weighted by Gasteiger charge is -2.33. The molecule has 0 aromatic rings. The van der Waals surface area contributed by atoms with Crippen molar-refractivity contribution in [3.05, 3.63) is 0 Å². The van der Waals surface area contributed by atoms with Crippen LogP contribution in [0.3, 0.4) is 0 Å². The van der Waals surface area contributed by atoms with E-state index in [1.165, 1.54) is 0 Å². The average Bonchev–Trinajstić information content (AvgIpc) is 2.44. The Labute approximate surface area is 105 Å². The van der Waals surface area contributed by atoms with Gasteiger partial charge in [-0.25, -0.2) is 0 Å². The van der Waals surface area contributed by atoms with Gasteiger partial charge in [-0.1, -0.05) is 13.8 Å². The lowest BCUT2D eigenvalue weighted by Crippen LogP contribution is -2.53. The second-order valence-corrected chi connectivity index (χ2v) is 6.45. The molecule has 1 heterocycles. The van der Waals surface area contributed by atoms with Gasteiger partial charge in [0.15, 0.2) is 5.78 Å². The molecule has 17 heavy (non-hydrogen) atoms. The molecule has 0 spiro atoms. The fraction of sp³-hybridized carbons (Fsp3) is 0.929. The van der Waals surface area contributed by atoms with E-state index in [-0.39, 0.29) is 17.3 Å². The summed E-state index contributed by atoms with van der Waals surface area (Å²) in [7, 11) is 0. The van der Waals surface area contributed by atoms with Crippen LogP contribution < -0.4 is 5.73 Å². The molecule has 2 N–H and O–H groups in total. The predicted molar refractivity (Wildman–Crippen MR) is 69.9 cm³/mol. The summed E-state index contributed by atoms with van der Waals surface area (Å²) in [5, 5.41) is 0.